The fourth-order valence-electron chi connectivity index (χ4n) is 3.22. The van der Waals surface area contributed by atoms with Crippen molar-refractivity contribution < 1.29 is 41.0 Å². The maximum Gasteiger partial charge on any atom is 0.416 e. The Balaban J connectivity index is 1.81. The number of aliphatic carboxylic acids is 1. The summed E-state index contributed by atoms with van der Waals surface area (Å²) in [5.41, 5.74) is -1.78. The molecule has 0 aliphatic carbocycles. The third kappa shape index (κ3) is 6.73. The second kappa shape index (κ2) is 10.7. The Morgan fingerprint density at radius 1 is 1.06 bits per heavy atom. The Labute approximate surface area is 211 Å². The molecule has 0 aliphatic heterocycles. The zero-order valence-corrected chi connectivity index (χ0v) is 20.9. The van der Waals surface area contributed by atoms with Crippen LogP contribution in [0.1, 0.15) is 40.6 Å². The van der Waals surface area contributed by atoms with E-state index in [-0.39, 0.29) is 16.6 Å². The standard InChI is InChI=1S/C24H21F6NO3S2/c1-4-18(22(32)33)34-19-6-5-17(7-12(19)2)35-11-20-13(3)31-21(36-20)14-8-15(23(25,26)27)10-16(9-14)24(28,29)30/h5-10,18H,4,11H2,1-3H3,(H,32,33). The third-order valence-electron chi connectivity index (χ3n) is 5.16. The zero-order valence-electron chi connectivity index (χ0n) is 19.3. The normalized spacial score (nSPS) is 13.0. The van der Waals surface area contributed by atoms with Crippen LogP contribution in [0, 0.1) is 13.8 Å². The molecular weight excluding hydrogens is 528 g/mol. The van der Waals surface area contributed by atoms with Gasteiger partial charge in [-0.2, -0.15) is 26.3 Å². The van der Waals surface area contributed by atoms with Crippen LogP contribution in [0.2, 0.25) is 0 Å². The van der Waals surface area contributed by atoms with Crippen LogP contribution < -0.4 is 4.74 Å². The summed E-state index contributed by atoms with van der Waals surface area (Å²) in [6.07, 6.45) is -10.5. The predicted octanol–water partition coefficient (Wildman–Crippen LogP) is 8.00. The van der Waals surface area contributed by atoms with Crippen molar-refractivity contribution in [2.75, 3.05) is 0 Å². The van der Waals surface area contributed by atoms with Crippen LogP contribution in [0.4, 0.5) is 26.3 Å². The molecule has 0 saturated heterocycles. The van der Waals surface area contributed by atoms with E-state index >= 15 is 0 Å². The fraction of sp³-hybridized carbons (Fsp3) is 0.333. The van der Waals surface area contributed by atoms with Crippen LogP contribution in [0.5, 0.6) is 5.75 Å². The maximum atomic E-state index is 13.2. The lowest BCUT2D eigenvalue weighted by Crippen LogP contribution is -2.26. The van der Waals surface area contributed by atoms with E-state index in [1.54, 1.807) is 32.9 Å². The molecule has 0 bridgehead atoms. The van der Waals surface area contributed by atoms with Gasteiger partial charge in [-0.1, -0.05) is 6.92 Å². The first-order valence-corrected chi connectivity index (χ1v) is 12.4. The number of carboxylic acid groups (broad SMARTS) is 1. The molecule has 1 atom stereocenters. The van der Waals surface area contributed by atoms with Crippen molar-refractivity contribution in [1.29, 1.82) is 0 Å². The van der Waals surface area contributed by atoms with Crippen molar-refractivity contribution in [2.24, 2.45) is 0 Å². The molecule has 0 radical (unpaired) electrons. The largest absolute Gasteiger partial charge is 0.479 e. The number of aromatic nitrogens is 1. The van der Waals surface area contributed by atoms with Gasteiger partial charge in [0, 0.05) is 21.1 Å². The summed E-state index contributed by atoms with van der Waals surface area (Å²) in [7, 11) is 0. The van der Waals surface area contributed by atoms with Gasteiger partial charge in [-0.05, 0) is 62.2 Å². The quantitative estimate of drug-likeness (QED) is 0.228. The number of rotatable bonds is 8. The highest BCUT2D eigenvalue weighted by Crippen LogP contribution is 2.40. The molecule has 0 amide bonds. The van der Waals surface area contributed by atoms with Crippen LogP contribution >= 0.6 is 23.1 Å². The number of thiazole rings is 1. The summed E-state index contributed by atoms with van der Waals surface area (Å²) in [6.45, 7) is 5.12. The monoisotopic (exact) mass is 549 g/mol. The Hall–Kier alpha value is -2.73. The number of halogens is 6. The van der Waals surface area contributed by atoms with Crippen molar-refractivity contribution in [1.82, 2.24) is 4.98 Å². The first-order chi connectivity index (χ1) is 16.7. The predicted molar refractivity (Wildman–Crippen MR) is 125 cm³/mol. The number of aryl methyl sites for hydroxylation is 2. The zero-order chi connectivity index (χ0) is 26.8. The molecule has 1 heterocycles. The van der Waals surface area contributed by atoms with E-state index in [4.69, 9.17) is 9.84 Å². The molecular formula is C24H21F6NO3S2. The molecule has 1 aromatic heterocycles. The van der Waals surface area contributed by atoms with Gasteiger partial charge in [0.2, 0.25) is 0 Å². The Morgan fingerprint density at radius 3 is 2.17 bits per heavy atom. The minimum Gasteiger partial charge on any atom is -0.479 e. The molecule has 0 aliphatic rings. The second-order valence-electron chi connectivity index (χ2n) is 7.89. The Kier molecular flexibility index (Phi) is 8.29. The molecule has 1 unspecified atom stereocenters. The number of thioether (sulfide) groups is 1. The van der Waals surface area contributed by atoms with Gasteiger partial charge in [0.1, 0.15) is 10.8 Å². The molecule has 194 valence electrons. The van der Waals surface area contributed by atoms with Gasteiger partial charge in [0.25, 0.3) is 0 Å². The summed E-state index contributed by atoms with van der Waals surface area (Å²) >= 11 is 2.44. The van der Waals surface area contributed by atoms with E-state index in [1.165, 1.54) is 11.8 Å². The van der Waals surface area contributed by atoms with Gasteiger partial charge >= 0.3 is 18.3 Å². The summed E-state index contributed by atoms with van der Waals surface area (Å²) in [5, 5.41) is 9.23. The second-order valence-corrected chi connectivity index (χ2v) is 10.0. The Morgan fingerprint density at radius 2 is 1.67 bits per heavy atom. The van der Waals surface area contributed by atoms with Crippen molar-refractivity contribution >= 4 is 29.1 Å². The third-order valence-corrected chi connectivity index (χ3v) is 7.57. The van der Waals surface area contributed by atoms with Gasteiger partial charge in [0.15, 0.2) is 6.10 Å². The smallest absolute Gasteiger partial charge is 0.416 e. The van der Waals surface area contributed by atoms with Crippen LogP contribution in [0.15, 0.2) is 41.3 Å². The minimum absolute atomic E-state index is 0.0684. The topological polar surface area (TPSA) is 59.4 Å². The van der Waals surface area contributed by atoms with E-state index in [2.05, 4.69) is 4.98 Å². The van der Waals surface area contributed by atoms with E-state index in [0.29, 0.717) is 40.6 Å². The summed E-state index contributed by atoms with van der Waals surface area (Å²) in [5.74, 6) is -0.231. The molecule has 36 heavy (non-hydrogen) atoms. The van der Waals surface area contributed by atoms with Crippen molar-refractivity contribution in [3.05, 3.63) is 63.7 Å². The molecule has 3 aromatic rings. The van der Waals surface area contributed by atoms with Crippen molar-refractivity contribution in [3.8, 4) is 16.3 Å². The molecule has 0 saturated carbocycles. The average Bonchev–Trinajstić information content (AvgIpc) is 3.16. The number of nitrogens with zero attached hydrogens (tertiary/aromatic N) is 1. The number of carbonyl (C=O) groups is 1. The number of hydrogen-bond acceptors (Lipinski definition) is 5. The lowest BCUT2D eigenvalue weighted by atomic mass is 10.1. The first-order valence-electron chi connectivity index (χ1n) is 10.6. The SMILES string of the molecule is CCC(Oc1ccc(SCc2sc(-c3cc(C(F)(F)F)cc(C(F)(F)F)c3)nc2C)cc1C)C(=O)O. The molecule has 0 spiro atoms. The Bertz CT molecular complexity index is 1220. The van der Waals surface area contributed by atoms with Gasteiger partial charge in [-0.15, -0.1) is 23.1 Å². The average molecular weight is 550 g/mol. The van der Waals surface area contributed by atoms with Crippen molar-refractivity contribution in [3.63, 3.8) is 0 Å². The number of hydrogen-bond donors (Lipinski definition) is 1. The van der Waals surface area contributed by atoms with Gasteiger partial charge in [-0.25, -0.2) is 9.78 Å². The van der Waals surface area contributed by atoms with E-state index in [0.717, 1.165) is 21.8 Å². The lowest BCUT2D eigenvalue weighted by Gasteiger charge is -2.15. The number of carboxylic acids is 1. The summed E-state index contributed by atoms with van der Waals surface area (Å²) in [4.78, 5) is 17.0. The van der Waals surface area contributed by atoms with E-state index in [1.807, 2.05) is 6.07 Å². The van der Waals surface area contributed by atoms with Crippen LogP contribution in [0.25, 0.3) is 10.6 Å². The summed E-state index contributed by atoms with van der Waals surface area (Å²) in [6, 6.07) is 6.67. The molecule has 3 rings (SSSR count). The summed E-state index contributed by atoms with van der Waals surface area (Å²) < 4.78 is 84.8. The highest BCUT2D eigenvalue weighted by atomic mass is 32.2. The van der Waals surface area contributed by atoms with Crippen molar-refractivity contribution in [2.45, 2.75) is 56.3 Å². The molecule has 1 N–H and O–H groups in total. The fourth-order valence-corrected chi connectivity index (χ4v) is 5.41. The lowest BCUT2D eigenvalue weighted by molar-refractivity contribution is -0.145. The van der Waals surface area contributed by atoms with E-state index in [9.17, 15) is 31.1 Å². The number of ether oxygens (including phenoxy) is 1. The minimum atomic E-state index is -4.93. The van der Waals surface area contributed by atoms with Gasteiger partial charge in [-0.3, -0.25) is 0 Å². The van der Waals surface area contributed by atoms with E-state index < -0.39 is 35.6 Å². The maximum absolute atomic E-state index is 13.2. The number of alkyl halides is 6. The van der Waals surface area contributed by atoms with Crippen LogP contribution in [-0.2, 0) is 22.9 Å². The molecule has 2 aromatic carbocycles. The van der Waals surface area contributed by atoms with Gasteiger partial charge < -0.3 is 9.84 Å². The van der Waals surface area contributed by atoms with Crippen LogP contribution in [0.3, 0.4) is 0 Å². The molecule has 12 heteroatoms. The highest BCUT2D eigenvalue weighted by molar-refractivity contribution is 7.98. The highest BCUT2D eigenvalue weighted by Gasteiger charge is 2.37. The van der Waals surface area contributed by atoms with Gasteiger partial charge in [0.05, 0.1) is 16.8 Å². The molecule has 4 nitrogen and oxygen atoms in total. The first kappa shape index (κ1) is 27.9. The van der Waals surface area contributed by atoms with Crippen LogP contribution in [-0.4, -0.2) is 22.2 Å². The molecule has 0 fully saturated rings. The number of benzene rings is 2.